The summed E-state index contributed by atoms with van der Waals surface area (Å²) in [5.74, 6) is -9.22. The van der Waals surface area contributed by atoms with Crippen molar-refractivity contribution in [2.24, 2.45) is 10.9 Å². The molecule has 2 fully saturated rings. The zero-order valence-electron chi connectivity index (χ0n) is 25.6. The predicted molar refractivity (Wildman–Crippen MR) is 157 cm³/mol. The molecule has 0 aliphatic carbocycles. The van der Waals surface area contributed by atoms with Gasteiger partial charge < -0.3 is 44.2 Å². The number of aliphatic hydroxyl groups is 2. The number of aryl methyl sites for hydroxylation is 1. The third-order valence-electron chi connectivity index (χ3n) is 8.44. The van der Waals surface area contributed by atoms with Crippen LogP contribution in [0.5, 0.6) is 5.75 Å². The predicted octanol–water partition coefficient (Wildman–Crippen LogP) is -0.404. The first-order chi connectivity index (χ1) is 21.7. The molecular weight excluding hydrogens is 606 g/mol. The molecule has 15 nitrogen and oxygen atoms in total. The van der Waals surface area contributed by atoms with Gasteiger partial charge in [-0.25, -0.2) is 4.79 Å². The molecule has 0 unspecified atom stereocenters. The Balaban J connectivity index is 1.50. The van der Waals surface area contributed by atoms with E-state index in [-0.39, 0.29) is 18.4 Å². The summed E-state index contributed by atoms with van der Waals surface area (Å²) in [4.78, 5) is 81.0. The summed E-state index contributed by atoms with van der Waals surface area (Å²) < 4.78 is 22.4. The van der Waals surface area contributed by atoms with Gasteiger partial charge in [-0.15, -0.1) is 0 Å². The highest BCUT2D eigenvalue weighted by molar-refractivity contribution is 6.15. The van der Waals surface area contributed by atoms with Gasteiger partial charge in [-0.3, -0.25) is 19.2 Å². The standard InChI is InChI=1S/C31H33N3O12/c1-14-7-6-8-18-19(14)9-17(43-5)10-20(18)26(40)32-13-30(4)24(39)28(41)45-31(46-30)25(23(38)22-11-34(22)16(3)37)44-27(33-29(31)42)21(12-35)15(2)36/h6-10,12,21-25,38-39H,11,13H2,1-5H3,(H,32,40)/t21-,22-,23-,24-,25+,30+,31-,34?/m1/s1. The van der Waals surface area contributed by atoms with Crippen molar-refractivity contribution >= 4 is 52.4 Å². The topological polar surface area (TPSA) is 207 Å². The summed E-state index contributed by atoms with van der Waals surface area (Å²) in [5.41, 5.74) is -0.978. The molecule has 46 heavy (non-hydrogen) atoms. The molecule has 3 amide bonds. The number of methoxy groups -OCH3 is 1. The number of ketones is 1. The van der Waals surface area contributed by atoms with Crippen LogP contribution in [0.3, 0.4) is 0 Å². The van der Waals surface area contributed by atoms with Gasteiger partial charge in [-0.2, -0.15) is 4.99 Å². The van der Waals surface area contributed by atoms with Gasteiger partial charge in [-0.1, -0.05) is 18.2 Å². The molecule has 3 aliphatic rings. The fraction of sp³-hybridized carbons (Fsp3) is 0.452. The lowest BCUT2D eigenvalue weighted by Crippen LogP contribution is -2.73. The molecule has 0 saturated carbocycles. The quantitative estimate of drug-likeness (QED) is 0.139. The van der Waals surface area contributed by atoms with Crippen molar-refractivity contribution in [3.63, 3.8) is 0 Å². The molecule has 2 saturated heterocycles. The number of carbonyl (C=O) groups is 6. The van der Waals surface area contributed by atoms with E-state index in [1.165, 1.54) is 31.9 Å². The second kappa shape index (κ2) is 11.9. The SMILES string of the molecule is COc1cc(C(=O)NC[C@]2(C)O[C@@]3(OC(=O)[C@H]2O)C(=O)N=C([C@H](C=O)C(C)=O)O[C@H]3[C@H](O)[C@H]2CN2C(C)=O)c2cccc(C)c2c1. The molecular formula is C31H33N3O12. The lowest BCUT2D eigenvalue weighted by atomic mass is 9.91. The second-order valence-electron chi connectivity index (χ2n) is 11.7. The number of rotatable bonds is 9. The molecule has 5 rings (SSSR count). The van der Waals surface area contributed by atoms with Crippen LogP contribution in [-0.2, 0) is 38.2 Å². The Morgan fingerprint density at radius 3 is 2.54 bits per heavy atom. The first kappa shape index (κ1) is 32.7. The number of esters is 1. The van der Waals surface area contributed by atoms with Crippen LogP contribution < -0.4 is 10.1 Å². The van der Waals surface area contributed by atoms with Crippen LogP contribution in [-0.4, -0.2) is 113 Å². The van der Waals surface area contributed by atoms with Crippen molar-refractivity contribution < 1.29 is 57.9 Å². The van der Waals surface area contributed by atoms with E-state index in [9.17, 15) is 39.0 Å². The molecule has 3 heterocycles. The molecule has 0 aromatic heterocycles. The van der Waals surface area contributed by atoms with Crippen LogP contribution in [0.15, 0.2) is 35.3 Å². The van der Waals surface area contributed by atoms with E-state index in [1.54, 1.807) is 18.2 Å². The Kier molecular flexibility index (Phi) is 8.44. The molecule has 3 N–H and O–H groups in total. The molecule has 15 heteroatoms. The number of nitrogens with zero attached hydrogens (tertiary/aromatic N) is 2. The molecule has 3 aliphatic heterocycles. The third kappa shape index (κ3) is 5.50. The average Bonchev–Trinajstić information content (AvgIpc) is 3.82. The maximum absolute atomic E-state index is 13.7. The molecule has 2 aromatic carbocycles. The number of benzene rings is 2. The second-order valence-corrected chi connectivity index (χ2v) is 11.7. The molecule has 0 radical (unpaired) electrons. The molecule has 1 spiro atoms. The number of aliphatic hydroxyl groups excluding tert-OH is 2. The summed E-state index contributed by atoms with van der Waals surface area (Å²) >= 11 is 0. The lowest BCUT2D eigenvalue weighted by Gasteiger charge is -2.50. The van der Waals surface area contributed by atoms with E-state index in [2.05, 4.69) is 10.3 Å². The number of nitrogens with one attached hydrogen (secondary N) is 1. The van der Waals surface area contributed by atoms with Crippen molar-refractivity contribution in [3.8, 4) is 5.75 Å². The number of hydrogen-bond acceptors (Lipinski definition) is 12. The largest absolute Gasteiger partial charge is 0.497 e. The number of aldehydes is 1. The highest BCUT2D eigenvalue weighted by Gasteiger charge is 2.68. The molecule has 2 aromatic rings. The van der Waals surface area contributed by atoms with Crippen LogP contribution in [0, 0.1) is 12.8 Å². The zero-order chi connectivity index (χ0) is 33.7. The van der Waals surface area contributed by atoms with Crippen molar-refractivity contribution in [2.45, 2.75) is 63.4 Å². The number of carbonyl (C=O) groups excluding carboxylic acids is 6. The first-order valence-corrected chi connectivity index (χ1v) is 14.3. The highest BCUT2D eigenvalue weighted by atomic mass is 16.8. The van der Waals surface area contributed by atoms with E-state index in [1.807, 2.05) is 13.0 Å². The summed E-state index contributed by atoms with van der Waals surface area (Å²) in [6.07, 6.45) is -5.56. The van der Waals surface area contributed by atoms with Gasteiger partial charge in [0.2, 0.25) is 17.9 Å². The minimum atomic E-state index is -2.84. The summed E-state index contributed by atoms with van der Waals surface area (Å²) in [7, 11) is 1.45. The number of amides is 3. The van der Waals surface area contributed by atoms with E-state index in [0.29, 0.717) is 11.1 Å². The van der Waals surface area contributed by atoms with Crippen LogP contribution >= 0.6 is 0 Å². The monoisotopic (exact) mass is 639 g/mol. The lowest BCUT2D eigenvalue weighted by molar-refractivity contribution is -0.340. The van der Waals surface area contributed by atoms with Gasteiger partial charge in [0.15, 0.2) is 6.10 Å². The van der Waals surface area contributed by atoms with Crippen molar-refractivity contribution in [2.75, 3.05) is 20.2 Å². The Morgan fingerprint density at radius 1 is 1.22 bits per heavy atom. The summed E-state index contributed by atoms with van der Waals surface area (Å²) in [5, 5.41) is 26.2. The van der Waals surface area contributed by atoms with E-state index in [4.69, 9.17) is 18.9 Å². The Hall–Kier alpha value is -4.73. The molecule has 244 valence electrons. The maximum atomic E-state index is 13.7. The van der Waals surface area contributed by atoms with Crippen LogP contribution in [0.1, 0.15) is 36.7 Å². The average molecular weight is 640 g/mol. The van der Waals surface area contributed by atoms with Crippen LogP contribution in [0.2, 0.25) is 0 Å². The fourth-order valence-corrected chi connectivity index (χ4v) is 5.69. The van der Waals surface area contributed by atoms with Crippen LogP contribution in [0.25, 0.3) is 10.8 Å². The highest BCUT2D eigenvalue weighted by Crippen LogP contribution is 2.42. The minimum Gasteiger partial charge on any atom is -0.497 e. The number of Topliss-reactive ketones (excluding diaryl/α,β-unsaturated/α-hetero) is 1. The Labute approximate surface area is 262 Å². The van der Waals surface area contributed by atoms with Crippen LogP contribution in [0.4, 0.5) is 0 Å². The molecule has 0 bridgehead atoms. The smallest absolute Gasteiger partial charge is 0.341 e. The third-order valence-corrected chi connectivity index (χ3v) is 8.44. The van der Waals surface area contributed by atoms with E-state index >= 15 is 0 Å². The maximum Gasteiger partial charge on any atom is 0.341 e. The number of fused-ring (bicyclic) bond motifs is 1. The van der Waals surface area contributed by atoms with E-state index < -0.39 is 83.6 Å². The van der Waals surface area contributed by atoms with Gasteiger partial charge in [0.1, 0.15) is 35.4 Å². The summed E-state index contributed by atoms with van der Waals surface area (Å²) in [6, 6.07) is 7.77. The number of aliphatic imine (C=N–C) groups is 1. The normalized spacial score (nSPS) is 28.5. The van der Waals surface area contributed by atoms with Gasteiger partial charge >= 0.3 is 17.7 Å². The van der Waals surface area contributed by atoms with Crippen molar-refractivity contribution in [1.82, 2.24) is 10.2 Å². The van der Waals surface area contributed by atoms with Crippen molar-refractivity contribution in [3.05, 3.63) is 41.5 Å². The van der Waals surface area contributed by atoms with Crippen molar-refractivity contribution in [1.29, 1.82) is 0 Å². The first-order valence-electron chi connectivity index (χ1n) is 14.3. The van der Waals surface area contributed by atoms with Gasteiger partial charge in [-0.05, 0) is 49.2 Å². The molecule has 7 atom stereocenters. The summed E-state index contributed by atoms with van der Waals surface area (Å²) in [6.45, 7) is 4.90. The van der Waals surface area contributed by atoms with Gasteiger partial charge in [0.05, 0.1) is 18.7 Å². The number of ether oxygens (including phenoxy) is 4. The van der Waals surface area contributed by atoms with Gasteiger partial charge in [0, 0.05) is 20.0 Å². The zero-order valence-corrected chi connectivity index (χ0v) is 25.6. The minimum absolute atomic E-state index is 0.0504. The Morgan fingerprint density at radius 2 is 1.93 bits per heavy atom. The van der Waals surface area contributed by atoms with E-state index in [0.717, 1.165) is 17.9 Å². The Bertz CT molecular complexity index is 1690. The fourth-order valence-electron chi connectivity index (χ4n) is 5.69. The number of hydrogen-bond donors (Lipinski definition) is 3. The van der Waals surface area contributed by atoms with Gasteiger partial charge in [0.25, 0.3) is 5.91 Å².